The number of piperazine rings is 1. The summed E-state index contributed by atoms with van der Waals surface area (Å²) in [6.45, 7) is 9.88. The number of para-hydroxylation sites is 1. The number of likely N-dealkylation sites (N-methyl/N-ethyl adjacent to an activating group) is 1. The number of nitrogens with zero attached hydrogens (tertiary/aromatic N) is 3. The molecule has 1 aromatic heterocycles. The molecule has 0 saturated carbocycles. The number of aliphatic hydroxyl groups is 1. The number of aromatic nitrogens is 1. The van der Waals surface area contributed by atoms with E-state index in [-0.39, 0.29) is 6.61 Å². The van der Waals surface area contributed by atoms with Crippen LogP contribution in [0.5, 0.6) is 0 Å². The summed E-state index contributed by atoms with van der Waals surface area (Å²) in [7, 11) is 2.19. The van der Waals surface area contributed by atoms with Gasteiger partial charge < -0.3 is 15.3 Å². The standard InChI is InChI=1S/C20H30N4O/c1-15(2)19(24-10-8-23(3)9-11-24)13-21-20-17(14-25)12-16-6-4-5-7-18(16)22-20/h4-7,12,15,19,25H,8-11,13-14H2,1-3H3,(H,21,22). The highest BCUT2D eigenvalue weighted by Crippen LogP contribution is 2.22. The Balaban J connectivity index is 1.75. The third-order valence-corrected chi connectivity index (χ3v) is 5.23. The van der Waals surface area contributed by atoms with Crippen molar-refractivity contribution in [2.75, 3.05) is 45.1 Å². The van der Waals surface area contributed by atoms with Gasteiger partial charge >= 0.3 is 0 Å². The van der Waals surface area contributed by atoms with Gasteiger partial charge in [0, 0.05) is 49.7 Å². The first kappa shape index (κ1) is 18.1. The summed E-state index contributed by atoms with van der Waals surface area (Å²) in [6, 6.07) is 10.5. The average Bonchev–Trinajstić information content (AvgIpc) is 2.62. The van der Waals surface area contributed by atoms with Crippen molar-refractivity contribution in [3.05, 3.63) is 35.9 Å². The number of hydrogen-bond acceptors (Lipinski definition) is 5. The number of hydrogen-bond donors (Lipinski definition) is 2. The molecule has 2 N–H and O–H groups in total. The molecular formula is C20H30N4O. The molecule has 1 fully saturated rings. The van der Waals surface area contributed by atoms with Crippen LogP contribution in [-0.4, -0.2) is 65.7 Å². The van der Waals surface area contributed by atoms with Gasteiger partial charge in [0.25, 0.3) is 0 Å². The molecule has 1 unspecified atom stereocenters. The van der Waals surface area contributed by atoms with Gasteiger partial charge in [-0.25, -0.2) is 4.98 Å². The Hall–Kier alpha value is -1.69. The summed E-state index contributed by atoms with van der Waals surface area (Å²) >= 11 is 0. The quantitative estimate of drug-likeness (QED) is 0.844. The van der Waals surface area contributed by atoms with Crippen LogP contribution >= 0.6 is 0 Å². The molecule has 0 aliphatic carbocycles. The zero-order chi connectivity index (χ0) is 17.8. The normalized spacial score (nSPS) is 18.0. The number of rotatable bonds is 6. The SMILES string of the molecule is CC(C)C(CNc1nc2ccccc2cc1CO)N1CCN(C)CC1. The third kappa shape index (κ3) is 4.29. The van der Waals surface area contributed by atoms with Crippen molar-refractivity contribution >= 4 is 16.7 Å². The molecule has 2 aromatic rings. The molecule has 1 aliphatic rings. The number of fused-ring (bicyclic) bond motifs is 1. The molecule has 5 nitrogen and oxygen atoms in total. The van der Waals surface area contributed by atoms with E-state index in [1.54, 1.807) is 0 Å². The van der Waals surface area contributed by atoms with Crippen LogP contribution in [0.2, 0.25) is 0 Å². The smallest absolute Gasteiger partial charge is 0.132 e. The highest BCUT2D eigenvalue weighted by molar-refractivity contribution is 5.81. The molecular weight excluding hydrogens is 312 g/mol. The summed E-state index contributed by atoms with van der Waals surface area (Å²) in [5, 5.41) is 14.3. The van der Waals surface area contributed by atoms with Crippen LogP contribution in [-0.2, 0) is 6.61 Å². The molecule has 136 valence electrons. The number of pyridine rings is 1. The summed E-state index contributed by atoms with van der Waals surface area (Å²) < 4.78 is 0. The van der Waals surface area contributed by atoms with Gasteiger partial charge in [0.1, 0.15) is 5.82 Å². The number of benzene rings is 1. The van der Waals surface area contributed by atoms with Crippen LogP contribution in [0.4, 0.5) is 5.82 Å². The zero-order valence-corrected chi connectivity index (χ0v) is 15.6. The number of nitrogens with one attached hydrogen (secondary N) is 1. The summed E-state index contributed by atoms with van der Waals surface area (Å²) in [4.78, 5) is 9.70. The van der Waals surface area contributed by atoms with E-state index in [0.717, 1.165) is 55.0 Å². The molecule has 0 amide bonds. The fourth-order valence-corrected chi connectivity index (χ4v) is 3.57. The first-order chi connectivity index (χ1) is 12.1. The molecule has 0 spiro atoms. The highest BCUT2D eigenvalue weighted by atomic mass is 16.3. The van der Waals surface area contributed by atoms with Crippen LogP contribution in [0.1, 0.15) is 19.4 Å². The van der Waals surface area contributed by atoms with Crippen molar-refractivity contribution in [3.8, 4) is 0 Å². The lowest BCUT2D eigenvalue weighted by molar-refractivity contribution is 0.0943. The Morgan fingerprint density at radius 1 is 1.16 bits per heavy atom. The molecule has 1 atom stereocenters. The molecule has 2 heterocycles. The van der Waals surface area contributed by atoms with E-state index in [2.05, 4.69) is 36.0 Å². The molecule has 25 heavy (non-hydrogen) atoms. The molecule has 1 aliphatic heterocycles. The molecule has 1 aromatic carbocycles. The minimum Gasteiger partial charge on any atom is -0.392 e. The van der Waals surface area contributed by atoms with Crippen LogP contribution in [0.25, 0.3) is 10.9 Å². The maximum Gasteiger partial charge on any atom is 0.132 e. The van der Waals surface area contributed by atoms with Crippen LogP contribution < -0.4 is 5.32 Å². The second kappa shape index (κ2) is 8.13. The lowest BCUT2D eigenvalue weighted by Gasteiger charge is -2.40. The van der Waals surface area contributed by atoms with E-state index in [1.165, 1.54) is 0 Å². The second-order valence-corrected chi connectivity index (χ2v) is 7.38. The van der Waals surface area contributed by atoms with E-state index in [4.69, 9.17) is 4.98 Å². The monoisotopic (exact) mass is 342 g/mol. The maximum atomic E-state index is 9.73. The van der Waals surface area contributed by atoms with Gasteiger partial charge in [-0.2, -0.15) is 0 Å². The van der Waals surface area contributed by atoms with E-state index in [0.29, 0.717) is 12.0 Å². The Bertz CT molecular complexity index is 695. The lowest BCUT2D eigenvalue weighted by Crippen LogP contribution is -2.52. The Morgan fingerprint density at radius 2 is 1.88 bits per heavy atom. The first-order valence-electron chi connectivity index (χ1n) is 9.24. The van der Waals surface area contributed by atoms with Gasteiger partial charge in [0.05, 0.1) is 12.1 Å². The van der Waals surface area contributed by atoms with E-state index < -0.39 is 0 Å². The van der Waals surface area contributed by atoms with Crippen molar-refractivity contribution in [1.29, 1.82) is 0 Å². The Kier molecular flexibility index (Phi) is 5.89. The Labute approximate surface area is 150 Å². The lowest BCUT2D eigenvalue weighted by atomic mass is 10.0. The summed E-state index contributed by atoms with van der Waals surface area (Å²) in [6.07, 6.45) is 0. The highest BCUT2D eigenvalue weighted by Gasteiger charge is 2.25. The van der Waals surface area contributed by atoms with Crippen molar-refractivity contribution < 1.29 is 5.11 Å². The van der Waals surface area contributed by atoms with Gasteiger partial charge in [-0.05, 0) is 25.1 Å². The predicted molar refractivity (Wildman–Crippen MR) is 104 cm³/mol. The average molecular weight is 342 g/mol. The van der Waals surface area contributed by atoms with Gasteiger partial charge in [0.15, 0.2) is 0 Å². The van der Waals surface area contributed by atoms with E-state index in [1.807, 2.05) is 30.3 Å². The van der Waals surface area contributed by atoms with Crippen molar-refractivity contribution in [3.63, 3.8) is 0 Å². The molecule has 3 rings (SSSR count). The summed E-state index contributed by atoms with van der Waals surface area (Å²) in [5.74, 6) is 1.37. The number of anilines is 1. The van der Waals surface area contributed by atoms with Gasteiger partial charge in [0.2, 0.25) is 0 Å². The summed E-state index contributed by atoms with van der Waals surface area (Å²) in [5.41, 5.74) is 1.82. The molecule has 0 radical (unpaired) electrons. The fourth-order valence-electron chi connectivity index (χ4n) is 3.57. The first-order valence-corrected chi connectivity index (χ1v) is 9.24. The second-order valence-electron chi connectivity index (χ2n) is 7.38. The van der Waals surface area contributed by atoms with Crippen molar-refractivity contribution in [2.45, 2.75) is 26.5 Å². The van der Waals surface area contributed by atoms with Crippen LogP contribution in [0.3, 0.4) is 0 Å². The van der Waals surface area contributed by atoms with Gasteiger partial charge in [-0.15, -0.1) is 0 Å². The number of aliphatic hydroxyl groups excluding tert-OH is 1. The van der Waals surface area contributed by atoms with E-state index in [9.17, 15) is 5.11 Å². The third-order valence-electron chi connectivity index (χ3n) is 5.23. The maximum absolute atomic E-state index is 9.73. The van der Waals surface area contributed by atoms with E-state index >= 15 is 0 Å². The largest absolute Gasteiger partial charge is 0.392 e. The zero-order valence-electron chi connectivity index (χ0n) is 15.6. The van der Waals surface area contributed by atoms with Crippen molar-refractivity contribution in [2.24, 2.45) is 5.92 Å². The topological polar surface area (TPSA) is 51.6 Å². The molecule has 0 bridgehead atoms. The van der Waals surface area contributed by atoms with Crippen LogP contribution in [0, 0.1) is 5.92 Å². The van der Waals surface area contributed by atoms with Gasteiger partial charge in [-0.1, -0.05) is 32.0 Å². The predicted octanol–water partition coefficient (Wildman–Crippen LogP) is 2.41. The molecule has 1 saturated heterocycles. The minimum atomic E-state index is 0.00101. The Morgan fingerprint density at radius 3 is 2.56 bits per heavy atom. The molecule has 5 heteroatoms. The van der Waals surface area contributed by atoms with Gasteiger partial charge in [-0.3, -0.25) is 4.90 Å². The fraction of sp³-hybridized carbons (Fsp3) is 0.550. The minimum absolute atomic E-state index is 0.00101. The van der Waals surface area contributed by atoms with Crippen molar-refractivity contribution in [1.82, 2.24) is 14.8 Å². The van der Waals surface area contributed by atoms with Crippen LogP contribution in [0.15, 0.2) is 30.3 Å².